The second kappa shape index (κ2) is 11.6. The van der Waals surface area contributed by atoms with Crippen LogP contribution in [-0.2, 0) is 11.3 Å². The van der Waals surface area contributed by atoms with Crippen molar-refractivity contribution in [3.05, 3.63) is 35.9 Å². The van der Waals surface area contributed by atoms with E-state index in [-0.39, 0.29) is 24.0 Å². The van der Waals surface area contributed by atoms with Crippen molar-refractivity contribution < 1.29 is 4.74 Å². The Hall–Kier alpha value is -0.860. The number of guanidine groups is 1. The highest BCUT2D eigenvalue weighted by molar-refractivity contribution is 14.0. The zero-order valence-corrected chi connectivity index (χ0v) is 16.5. The van der Waals surface area contributed by atoms with Gasteiger partial charge < -0.3 is 15.4 Å². The predicted octanol–water partition coefficient (Wildman–Crippen LogP) is 2.08. The summed E-state index contributed by atoms with van der Waals surface area (Å²) in [6, 6.07) is 10.8. The SMILES string of the molecule is CCNC(=NCc1ccccc1)NCC(C)N1CCOCC1.I. The molecule has 5 nitrogen and oxygen atoms in total. The molecule has 1 fully saturated rings. The van der Waals surface area contributed by atoms with Crippen molar-refractivity contribution in [3.8, 4) is 0 Å². The van der Waals surface area contributed by atoms with Crippen LogP contribution < -0.4 is 10.6 Å². The van der Waals surface area contributed by atoms with Gasteiger partial charge in [-0.1, -0.05) is 30.3 Å². The molecule has 2 N–H and O–H groups in total. The number of hydrogen-bond donors (Lipinski definition) is 2. The van der Waals surface area contributed by atoms with Crippen LogP contribution in [0.5, 0.6) is 0 Å². The lowest BCUT2D eigenvalue weighted by Crippen LogP contribution is -2.49. The minimum absolute atomic E-state index is 0. The molecule has 1 saturated heterocycles. The Balaban J connectivity index is 0.00000264. The van der Waals surface area contributed by atoms with E-state index in [9.17, 15) is 0 Å². The molecule has 1 aromatic carbocycles. The molecule has 130 valence electrons. The van der Waals surface area contributed by atoms with Crippen molar-refractivity contribution in [2.45, 2.75) is 26.4 Å². The summed E-state index contributed by atoms with van der Waals surface area (Å²) in [5, 5.41) is 6.75. The molecule has 1 aromatic rings. The molecule has 0 amide bonds. The maximum Gasteiger partial charge on any atom is 0.191 e. The van der Waals surface area contributed by atoms with E-state index >= 15 is 0 Å². The molecule has 23 heavy (non-hydrogen) atoms. The van der Waals surface area contributed by atoms with E-state index < -0.39 is 0 Å². The third-order valence-corrected chi connectivity index (χ3v) is 3.84. The first-order valence-electron chi connectivity index (χ1n) is 8.17. The van der Waals surface area contributed by atoms with Crippen LogP contribution in [0.25, 0.3) is 0 Å². The number of rotatable bonds is 6. The highest BCUT2D eigenvalue weighted by atomic mass is 127. The topological polar surface area (TPSA) is 48.9 Å². The molecule has 1 aliphatic rings. The van der Waals surface area contributed by atoms with Crippen molar-refractivity contribution in [3.63, 3.8) is 0 Å². The second-order valence-corrected chi connectivity index (χ2v) is 5.56. The van der Waals surface area contributed by atoms with Gasteiger partial charge in [-0.15, -0.1) is 24.0 Å². The van der Waals surface area contributed by atoms with Crippen molar-refractivity contribution in [2.75, 3.05) is 39.4 Å². The predicted molar refractivity (Wildman–Crippen MR) is 107 cm³/mol. The summed E-state index contributed by atoms with van der Waals surface area (Å²) in [5.74, 6) is 0.881. The summed E-state index contributed by atoms with van der Waals surface area (Å²) >= 11 is 0. The Morgan fingerprint density at radius 1 is 1.22 bits per heavy atom. The lowest BCUT2D eigenvalue weighted by atomic mass is 10.2. The van der Waals surface area contributed by atoms with Crippen LogP contribution in [0.1, 0.15) is 19.4 Å². The summed E-state index contributed by atoms with van der Waals surface area (Å²) in [7, 11) is 0. The van der Waals surface area contributed by atoms with Gasteiger partial charge >= 0.3 is 0 Å². The smallest absolute Gasteiger partial charge is 0.191 e. The van der Waals surface area contributed by atoms with Gasteiger partial charge in [0.05, 0.1) is 19.8 Å². The van der Waals surface area contributed by atoms with Gasteiger partial charge in [-0.25, -0.2) is 4.99 Å². The monoisotopic (exact) mass is 432 g/mol. The molecule has 6 heteroatoms. The minimum Gasteiger partial charge on any atom is -0.379 e. The largest absolute Gasteiger partial charge is 0.379 e. The van der Waals surface area contributed by atoms with E-state index in [2.05, 4.69) is 46.5 Å². The van der Waals surface area contributed by atoms with Crippen LogP contribution in [0.2, 0.25) is 0 Å². The fourth-order valence-corrected chi connectivity index (χ4v) is 2.49. The summed E-state index contributed by atoms with van der Waals surface area (Å²) in [5.41, 5.74) is 1.22. The zero-order valence-electron chi connectivity index (χ0n) is 14.1. The highest BCUT2D eigenvalue weighted by Gasteiger charge is 2.16. The van der Waals surface area contributed by atoms with E-state index in [1.54, 1.807) is 0 Å². The Labute approximate surface area is 156 Å². The van der Waals surface area contributed by atoms with Crippen LogP contribution in [-0.4, -0.2) is 56.3 Å². The number of halogens is 1. The summed E-state index contributed by atoms with van der Waals surface area (Å²) < 4.78 is 5.40. The number of aliphatic imine (C=N–C) groups is 1. The van der Waals surface area contributed by atoms with Crippen molar-refractivity contribution in [2.24, 2.45) is 4.99 Å². The fourth-order valence-electron chi connectivity index (χ4n) is 2.49. The van der Waals surface area contributed by atoms with Gasteiger partial charge in [0.1, 0.15) is 0 Å². The zero-order chi connectivity index (χ0) is 15.6. The Morgan fingerprint density at radius 2 is 1.91 bits per heavy atom. The Bertz CT molecular complexity index is 449. The normalized spacial score (nSPS) is 17.2. The van der Waals surface area contributed by atoms with Crippen molar-refractivity contribution in [1.29, 1.82) is 0 Å². The molecule has 0 spiro atoms. The molecule has 0 radical (unpaired) electrons. The molecule has 1 unspecified atom stereocenters. The average Bonchev–Trinajstić information content (AvgIpc) is 2.59. The van der Waals surface area contributed by atoms with E-state index in [0.29, 0.717) is 12.6 Å². The maximum atomic E-state index is 5.40. The van der Waals surface area contributed by atoms with E-state index in [0.717, 1.165) is 45.4 Å². The van der Waals surface area contributed by atoms with Gasteiger partial charge in [-0.05, 0) is 19.4 Å². The molecule has 1 atom stereocenters. The molecule has 0 aliphatic carbocycles. The van der Waals surface area contributed by atoms with Crippen LogP contribution >= 0.6 is 24.0 Å². The van der Waals surface area contributed by atoms with Crippen LogP contribution in [0.3, 0.4) is 0 Å². The Kier molecular flexibility index (Phi) is 10.2. The quantitative estimate of drug-likeness (QED) is 0.411. The van der Waals surface area contributed by atoms with Gasteiger partial charge in [0.2, 0.25) is 0 Å². The van der Waals surface area contributed by atoms with Gasteiger partial charge in [0.15, 0.2) is 5.96 Å². The van der Waals surface area contributed by atoms with E-state index in [4.69, 9.17) is 4.74 Å². The van der Waals surface area contributed by atoms with Crippen LogP contribution in [0, 0.1) is 0 Å². The lowest BCUT2D eigenvalue weighted by Gasteiger charge is -2.32. The third-order valence-electron chi connectivity index (χ3n) is 3.84. The van der Waals surface area contributed by atoms with Gasteiger partial charge in [0, 0.05) is 32.2 Å². The van der Waals surface area contributed by atoms with Crippen molar-refractivity contribution >= 4 is 29.9 Å². The first-order valence-corrected chi connectivity index (χ1v) is 8.17. The minimum atomic E-state index is 0. The highest BCUT2D eigenvalue weighted by Crippen LogP contribution is 2.03. The Morgan fingerprint density at radius 3 is 2.57 bits per heavy atom. The summed E-state index contributed by atoms with van der Waals surface area (Å²) in [6.45, 7) is 10.5. The second-order valence-electron chi connectivity index (χ2n) is 5.56. The molecule has 0 bridgehead atoms. The van der Waals surface area contributed by atoms with Crippen LogP contribution in [0.4, 0.5) is 0 Å². The van der Waals surface area contributed by atoms with E-state index in [1.165, 1.54) is 5.56 Å². The first-order chi connectivity index (χ1) is 10.8. The molecule has 1 aliphatic heterocycles. The van der Waals surface area contributed by atoms with Gasteiger partial charge in [-0.2, -0.15) is 0 Å². The summed E-state index contributed by atoms with van der Waals surface area (Å²) in [6.07, 6.45) is 0. The molecular formula is C17H29IN4O. The average molecular weight is 432 g/mol. The van der Waals surface area contributed by atoms with Gasteiger partial charge in [0.25, 0.3) is 0 Å². The number of ether oxygens (including phenoxy) is 1. The number of nitrogens with zero attached hydrogens (tertiary/aromatic N) is 2. The third kappa shape index (κ3) is 7.50. The standard InChI is InChI=1S/C17H28N4O.HI/c1-3-18-17(20-14-16-7-5-4-6-8-16)19-13-15(2)21-9-11-22-12-10-21;/h4-8,15H,3,9-14H2,1-2H3,(H2,18,19,20);1H. The molecule has 2 rings (SSSR count). The molecular weight excluding hydrogens is 403 g/mol. The molecule has 1 heterocycles. The number of hydrogen-bond acceptors (Lipinski definition) is 3. The molecule has 0 aromatic heterocycles. The maximum absolute atomic E-state index is 5.40. The molecule has 0 saturated carbocycles. The summed E-state index contributed by atoms with van der Waals surface area (Å²) in [4.78, 5) is 7.11. The number of benzene rings is 1. The van der Waals surface area contributed by atoms with E-state index in [1.807, 2.05) is 18.2 Å². The number of morpholine rings is 1. The van der Waals surface area contributed by atoms with Crippen molar-refractivity contribution in [1.82, 2.24) is 15.5 Å². The lowest BCUT2D eigenvalue weighted by molar-refractivity contribution is 0.0211. The van der Waals surface area contributed by atoms with Crippen LogP contribution in [0.15, 0.2) is 35.3 Å². The number of nitrogens with one attached hydrogen (secondary N) is 2. The van der Waals surface area contributed by atoms with Gasteiger partial charge in [-0.3, -0.25) is 4.90 Å². The first kappa shape index (κ1) is 20.2. The fraction of sp³-hybridized carbons (Fsp3) is 0.588.